The lowest BCUT2D eigenvalue weighted by molar-refractivity contribution is -0.144. The van der Waals surface area contributed by atoms with Gasteiger partial charge < -0.3 is 9.80 Å². The van der Waals surface area contributed by atoms with Gasteiger partial charge in [0.15, 0.2) is 0 Å². The SMILES string of the molecule is CC(=O)C(=O)N1CCN(C(=O)c2cc(Cc3n[nH]c(=O)c4ccccc34)ccc2F)CC1. The number of hydrogen-bond acceptors (Lipinski definition) is 5. The Morgan fingerprint density at radius 2 is 1.66 bits per heavy atom. The Bertz CT molecular complexity index is 1280. The van der Waals surface area contributed by atoms with Crippen LogP contribution in [0.1, 0.15) is 28.5 Å². The number of nitrogens with one attached hydrogen (secondary N) is 1. The first-order valence-corrected chi connectivity index (χ1v) is 10.2. The number of hydrogen-bond donors (Lipinski definition) is 1. The number of aromatic nitrogens is 2. The third-order valence-corrected chi connectivity index (χ3v) is 5.56. The fourth-order valence-corrected chi connectivity index (χ4v) is 3.85. The molecule has 0 aliphatic carbocycles. The highest BCUT2D eigenvalue weighted by molar-refractivity contribution is 6.35. The van der Waals surface area contributed by atoms with Crippen LogP contribution in [0.5, 0.6) is 0 Å². The third kappa shape index (κ3) is 4.14. The molecule has 1 N–H and O–H groups in total. The van der Waals surface area contributed by atoms with Crippen LogP contribution in [-0.4, -0.2) is 63.8 Å². The number of amides is 2. The van der Waals surface area contributed by atoms with E-state index in [4.69, 9.17) is 0 Å². The Morgan fingerprint density at radius 3 is 2.34 bits per heavy atom. The van der Waals surface area contributed by atoms with Crippen molar-refractivity contribution in [3.05, 3.63) is 75.5 Å². The molecule has 2 aromatic carbocycles. The second-order valence-electron chi connectivity index (χ2n) is 7.68. The molecule has 0 bridgehead atoms. The van der Waals surface area contributed by atoms with Crippen molar-refractivity contribution in [2.24, 2.45) is 0 Å². The zero-order valence-electron chi connectivity index (χ0n) is 17.4. The Balaban J connectivity index is 1.55. The summed E-state index contributed by atoms with van der Waals surface area (Å²) in [7, 11) is 0. The molecule has 1 fully saturated rings. The summed E-state index contributed by atoms with van der Waals surface area (Å²) < 4.78 is 14.5. The van der Waals surface area contributed by atoms with E-state index in [1.54, 1.807) is 24.3 Å². The van der Waals surface area contributed by atoms with E-state index in [2.05, 4.69) is 10.2 Å². The van der Waals surface area contributed by atoms with Crippen LogP contribution in [0, 0.1) is 5.82 Å². The molecule has 1 aliphatic heterocycles. The van der Waals surface area contributed by atoms with E-state index >= 15 is 0 Å². The van der Waals surface area contributed by atoms with Gasteiger partial charge in [-0.1, -0.05) is 24.3 Å². The standard InChI is InChI=1S/C23H21FN4O4/c1-14(29)22(31)27-8-10-28(11-9-27)23(32)18-12-15(6-7-19(18)24)13-20-16-4-2-3-5-17(16)21(30)26-25-20/h2-7,12H,8-11,13H2,1H3,(H,26,30). The minimum Gasteiger partial charge on any atom is -0.335 e. The monoisotopic (exact) mass is 436 g/mol. The summed E-state index contributed by atoms with van der Waals surface area (Å²) in [5.74, 6) is -2.24. The molecule has 0 radical (unpaired) electrons. The summed E-state index contributed by atoms with van der Waals surface area (Å²) in [5, 5.41) is 7.81. The minimum atomic E-state index is -0.639. The van der Waals surface area contributed by atoms with Gasteiger partial charge in [-0.2, -0.15) is 5.10 Å². The van der Waals surface area contributed by atoms with Gasteiger partial charge in [0.2, 0.25) is 5.78 Å². The maximum absolute atomic E-state index is 14.5. The van der Waals surface area contributed by atoms with Crippen LogP contribution in [0.4, 0.5) is 4.39 Å². The van der Waals surface area contributed by atoms with Crippen LogP contribution in [0.2, 0.25) is 0 Å². The number of rotatable bonds is 4. The number of fused-ring (bicyclic) bond motifs is 1. The maximum atomic E-state index is 14.5. The predicted octanol–water partition coefficient (Wildman–Crippen LogP) is 1.53. The highest BCUT2D eigenvalue weighted by Gasteiger charge is 2.27. The van der Waals surface area contributed by atoms with Gasteiger partial charge in [0.1, 0.15) is 5.82 Å². The Morgan fingerprint density at radius 1 is 1.00 bits per heavy atom. The molecule has 1 saturated heterocycles. The molecule has 0 atom stereocenters. The minimum absolute atomic E-state index is 0.0671. The fraction of sp³-hybridized carbons (Fsp3) is 0.261. The number of carbonyl (C=O) groups excluding carboxylic acids is 3. The molecule has 3 aromatic rings. The molecule has 0 saturated carbocycles. The third-order valence-electron chi connectivity index (χ3n) is 5.56. The van der Waals surface area contributed by atoms with Gasteiger partial charge in [0.25, 0.3) is 17.4 Å². The zero-order chi connectivity index (χ0) is 22.8. The van der Waals surface area contributed by atoms with Crippen LogP contribution >= 0.6 is 0 Å². The van der Waals surface area contributed by atoms with Crippen molar-refractivity contribution in [1.82, 2.24) is 20.0 Å². The molecule has 164 valence electrons. The quantitative estimate of drug-likeness (QED) is 0.625. The average molecular weight is 436 g/mol. The molecule has 2 heterocycles. The number of piperazine rings is 1. The molecule has 9 heteroatoms. The van der Waals surface area contributed by atoms with Gasteiger partial charge >= 0.3 is 0 Å². The van der Waals surface area contributed by atoms with Crippen molar-refractivity contribution in [3.63, 3.8) is 0 Å². The van der Waals surface area contributed by atoms with Gasteiger partial charge in [0.05, 0.1) is 16.6 Å². The summed E-state index contributed by atoms with van der Waals surface area (Å²) >= 11 is 0. The molecule has 2 amide bonds. The van der Waals surface area contributed by atoms with Crippen LogP contribution in [0.15, 0.2) is 47.3 Å². The lowest BCUT2D eigenvalue weighted by Crippen LogP contribution is -2.52. The number of H-pyrrole nitrogens is 1. The number of ketones is 1. The smallest absolute Gasteiger partial charge is 0.289 e. The van der Waals surface area contributed by atoms with Gasteiger partial charge in [-0.15, -0.1) is 0 Å². The number of halogens is 1. The lowest BCUT2D eigenvalue weighted by Gasteiger charge is -2.34. The van der Waals surface area contributed by atoms with Gasteiger partial charge in [-0.3, -0.25) is 19.2 Å². The average Bonchev–Trinajstić information content (AvgIpc) is 2.81. The van der Waals surface area contributed by atoms with E-state index in [0.717, 1.165) is 0 Å². The molecule has 32 heavy (non-hydrogen) atoms. The number of nitrogens with zero attached hydrogens (tertiary/aromatic N) is 3. The molecular formula is C23H21FN4O4. The molecule has 0 unspecified atom stereocenters. The summed E-state index contributed by atoms with van der Waals surface area (Å²) in [6.45, 7) is 2.08. The summed E-state index contributed by atoms with van der Waals surface area (Å²) in [6.07, 6.45) is 0.304. The van der Waals surface area contributed by atoms with E-state index in [1.807, 2.05) is 6.07 Å². The van der Waals surface area contributed by atoms with Gasteiger partial charge in [-0.05, 0) is 23.8 Å². The van der Waals surface area contributed by atoms with Crippen molar-refractivity contribution in [1.29, 1.82) is 0 Å². The molecule has 0 spiro atoms. The number of aromatic amines is 1. The maximum Gasteiger partial charge on any atom is 0.289 e. The van der Waals surface area contributed by atoms with E-state index in [9.17, 15) is 23.6 Å². The van der Waals surface area contributed by atoms with Crippen LogP contribution in [-0.2, 0) is 16.0 Å². The molecular weight excluding hydrogens is 415 g/mol. The summed E-state index contributed by atoms with van der Waals surface area (Å²) in [6, 6.07) is 11.4. The highest BCUT2D eigenvalue weighted by Crippen LogP contribution is 2.20. The predicted molar refractivity (Wildman–Crippen MR) is 115 cm³/mol. The fourth-order valence-electron chi connectivity index (χ4n) is 3.85. The highest BCUT2D eigenvalue weighted by atomic mass is 19.1. The largest absolute Gasteiger partial charge is 0.335 e. The number of benzene rings is 2. The van der Waals surface area contributed by atoms with Crippen molar-refractivity contribution in [2.75, 3.05) is 26.2 Å². The zero-order valence-corrected chi connectivity index (χ0v) is 17.4. The first-order valence-electron chi connectivity index (χ1n) is 10.2. The topological polar surface area (TPSA) is 103 Å². The molecule has 8 nitrogen and oxygen atoms in total. The first kappa shape index (κ1) is 21.4. The van der Waals surface area contributed by atoms with Gasteiger partial charge in [0, 0.05) is 44.9 Å². The summed E-state index contributed by atoms with van der Waals surface area (Å²) in [5.41, 5.74) is 0.927. The van der Waals surface area contributed by atoms with Crippen molar-refractivity contribution >= 4 is 28.4 Å². The van der Waals surface area contributed by atoms with Gasteiger partial charge in [-0.25, -0.2) is 9.49 Å². The van der Waals surface area contributed by atoms with E-state index in [-0.39, 0.29) is 37.3 Å². The Kier molecular flexibility index (Phi) is 5.81. The van der Waals surface area contributed by atoms with Crippen molar-refractivity contribution in [3.8, 4) is 0 Å². The van der Waals surface area contributed by atoms with Crippen LogP contribution in [0.3, 0.4) is 0 Å². The normalized spacial score (nSPS) is 13.9. The summed E-state index contributed by atoms with van der Waals surface area (Å²) in [4.78, 5) is 50.9. The lowest BCUT2D eigenvalue weighted by atomic mass is 10.0. The van der Waals surface area contributed by atoms with Crippen molar-refractivity contribution < 1.29 is 18.8 Å². The van der Waals surface area contributed by atoms with E-state index in [0.29, 0.717) is 28.5 Å². The molecule has 4 rings (SSSR count). The molecule has 1 aromatic heterocycles. The second-order valence-corrected chi connectivity index (χ2v) is 7.68. The van der Waals surface area contributed by atoms with Crippen molar-refractivity contribution in [2.45, 2.75) is 13.3 Å². The second kappa shape index (κ2) is 8.70. The molecule has 1 aliphatic rings. The van der Waals surface area contributed by atoms with Crippen LogP contribution < -0.4 is 5.56 Å². The van der Waals surface area contributed by atoms with E-state index < -0.39 is 23.4 Å². The number of Topliss-reactive ketones (excluding diaryl/α,β-unsaturated/α-hetero) is 1. The Labute approximate surface area is 182 Å². The van der Waals surface area contributed by atoms with Crippen LogP contribution in [0.25, 0.3) is 10.8 Å². The van der Waals surface area contributed by atoms with E-state index in [1.165, 1.54) is 28.9 Å². The number of carbonyl (C=O) groups is 3. The Hall–Kier alpha value is -3.88. The first-order chi connectivity index (χ1) is 15.3.